The van der Waals surface area contributed by atoms with Crippen molar-refractivity contribution in [2.24, 2.45) is 0 Å². The highest BCUT2D eigenvalue weighted by Crippen LogP contribution is 2.30. The van der Waals surface area contributed by atoms with Gasteiger partial charge in [0.2, 0.25) is 5.88 Å². The van der Waals surface area contributed by atoms with Crippen molar-refractivity contribution in [3.8, 4) is 17.7 Å². The molecule has 21 heavy (non-hydrogen) atoms. The Kier molecular flexibility index (Phi) is 3.17. The third kappa shape index (κ3) is 2.37. The first kappa shape index (κ1) is 12.9. The van der Waals surface area contributed by atoms with Crippen LogP contribution in [-0.2, 0) is 0 Å². The fourth-order valence-corrected chi connectivity index (χ4v) is 2.10. The number of benzene rings is 2. The number of nitriles is 1. The third-order valence-electron chi connectivity index (χ3n) is 3.34. The maximum atomic E-state index is 9.29. The van der Waals surface area contributed by atoms with Crippen molar-refractivity contribution in [1.82, 2.24) is 4.98 Å². The molecule has 4 nitrogen and oxygen atoms in total. The molecule has 2 aromatic carbocycles. The van der Waals surface area contributed by atoms with Gasteiger partial charge in [0.25, 0.3) is 0 Å². The second kappa shape index (κ2) is 5.14. The third-order valence-corrected chi connectivity index (χ3v) is 3.34. The van der Waals surface area contributed by atoms with Gasteiger partial charge in [0, 0.05) is 16.6 Å². The second-order valence-electron chi connectivity index (χ2n) is 4.72. The van der Waals surface area contributed by atoms with Gasteiger partial charge in [-0.2, -0.15) is 5.26 Å². The predicted molar refractivity (Wildman–Crippen MR) is 82.1 cm³/mol. The number of hydrogen-bond donors (Lipinski definition) is 1. The lowest BCUT2D eigenvalue weighted by Crippen LogP contribution is -1.97. The molecule has 0 spiro atoms. The van der Waals surface area contributed by atoms with Gasteiger partial charge in [-0.05, 0) is 31.2 Å². The molecule has 0 amide bonds. The van der Waals surface area contributed by atoms with Gasteiger partial charge in [0.15, 0.2) is 0 Å². The molecule has 0 radical (unpaired) electrons. The van der Waals surface area contributed by atoms with Crippen molar-refractivity contribution < 1.29 is 4.74 Å². The van der Waals surface area contributed by atoms with Crippen LogP contribution in [0.5, 0.6) is 11.6 Å². The van der Waals surface area contributed by atoms with Crippen LogP contribution >= 0.6 is 0 Å². The summed E-state index contributed by atoms with van der Waals surface area (Å²) in [6.45, 7) is 1.87. The van der Waals surface area contributed by atoms with Gasteiger partial charge >= 0.3 is 0 Å². The first-order valence-electron chi connectivity index (χ1n) is 6.52. The van der Waals surface area contributed by atoms with E-state index in [0.717, 1.165) is 16.5 Å². The Morgan fingerprint density at radius 3 is 2.76 bits per heavy atom. The summed E-state index contributed by atoms with van der Waals surface area (Å²) >= 11 is 0. The predicted octanol–water partition coefficient (Wildman–Crippen LogP) is 3.79. The molecule has 102 valence electrons. The fourth-order valence-electron chi connectivity index (χ4n) is 2.10. The van der Waals surface area contributed by atoms with Gasteiger partial charge < -0.3 is 10.5 Å². The van der Waals surface area contributed by atoms with Crippen LogP contribution in [0.2, 0.25) is 0 Å². The van der Waals surface area contributed by atoms with Gasteiger partial charge in [0.1, 0.15) is 17.4 Å². The summed E-state index contributed by atoms with van der Waals surface area (Å²) in [6, 6.07) is 16.9. The molecular formula is C17H13N3O. The van der Waals surface area contributed by atoms with Crippen molar-refractivity contribution in [3.05, 3.63) is 59.7 Å². The molecule has 0 atom stereocenters. The van der Waals surface area contributed by atoms with Gasteiger partial charge in [-0.25, -0.2) is 4.98 Å². The van der Waals surface area contributed by atoms with Crippen molar-refractivity contribution in [2.75, 3.05) is 5.73 Å². The molecule has 3 aromatic rings. The number of nitrogens with two attached hydrogens (primary N) is 1. The quantitative estimate of drug-likeness (QED) is 0.722. The number of ether oxygens (including phenoxy) is 1. The number of hydrogen-bond acceptors (Lipinski definition) is 4. The van der Waals surface area contributed by atoms with Crippen LogP contribution in [0.25, 0.3) is 10.9 Å². The minimum Gasteiger partial charge on any atom is -0.437 e. The summed E-state index contributed by atoms with van der Waals surface area (Å²) in [5, 5.41) is 10.2. The van der Waals surface area contributed by atoms with E-state index in [0.29, 0.717) is 22.9 Å². The van der Waals surface area contributed by atoms with Crippen LogP contribution in [0.4, 0.5) is 5.69 Å². The molecular weight excluding hydrogens is 262 g/mol. The van der Waals surface area contributed by atoms with E-state index in [9.17, 15) is 5.26 Å². The summed E-state index contributed by atoms with van der Waals surface area (Å²) in [6.07, 6.45) is 0. The minimum atomic E-state index is 0.296. The highest BCUT2D eigenvalue weighted by Gasteiger charge is 2.11. The molecule has 0 unspecified atom stereocenters. The van der Waals surface area contributed by atoms with E-state index < -0.39 is 0 Å². The van der Waals surface area contributed by atoms with Gasteiger partial charge in [0.05, 0.1) is 5.52 Å². The average molecular weight is 275 g/mol. The Morgan fingerprint density at radius 1 is 1.14 bits per heavy atom. The minimum absolute atomic E-state index is 0.296. The van der Waals surface area contributed by atoms with E-state index in [1.807, 2.05) is 43.3 Å². The van der Waals surface area contributed by atoms with Gasteiger partial charge in [-0.3, -0.25) is 0 Å². The number of fused-ring (bicyclic) bond motifs is 1. The SMILES string of the molecule is Cc1c(N)cccc1Oc1nc2ccccc2cc1C#N. The lowest BCUT2D eigenvalue weighted by Gasteiger charge is -2.11. The molecule has 0 saturated heterocycles. The summed E-state index contributed by atoms with van der Waals surface area (Å²) in [4.78, 5) is 4.43. The molecule has 1 heterocycles. The average Bonchev–Trinajstić information content (AvgIpc) is 2.51. The molecule has 0 saturated carbocycles. The zero-order valence-corrected chi connectivity index (χ0v) is 11.5. The number of para-hydroxylation sites is 1. The van der Waals surface area contributed by atoms with E-state index in [2.05, 4.69) is 11.1 Å². The lowest BCUT2D eigenvalue weighted by molar-refractivity contribution is 0.460. The lowest BCUT2D eigenvalue weighted by atomic mass is 10.1. The van der Waals surface area contributed by atoms with Crippen LogP contribution in [-0.4, -0.2) is 4.98 Å². The molecule has 0 aliphatic carbocycles. The number of anilines is 1. The van der Waals surface area contributed by atoms with Crippen LogP contribution in [0.15, 0.2) is 48.5 Å². The molecule has 3 rings (SSSR count). The molecule has 0 bridgehead atoms. The molecule has 0 fully saturated rings. The molecule has 4 heteroatoms. The first-order valence-corrected chi connectivity index (χ1v) is 6.52. The van der Waals surface area contributed by atoms with Crippen LogP contribution in [0.1, 0.15) is 11.1 Å². The monoisotopic (exact) mass is 275 g/mol. The zero-order valence-electron chi connectivity index (χ0n) is 11.5. The van der Waals surface area contributed by atoms with Crippen molar-refractivity contribution in [3.63, 3.8) is 0 Å². The van der Waals surface area contributed by atoms with Crippen LogP contribution < -0.4 is 10.5 Å². The van der Waals surface area contributed by atoms with E-state index in [-0.39, 0.29) is 0 Å². The Morgan fingerprint density at radius 2 is 1.95 bits per heavy atom. The highest BCUT2D eigenvalue weighted by molar-refractivity contribution is 5.81. The summed E-state index contributed by atoms with van der Waals surface area (Å²) in [5.74, 6) is 0.902. The van der Waals surface area contributed by atoms with E-state index in [4.69, 9.17) is 10.5 Å². The topological polar surface area (TPSA) is 71.9 Å². The maximum Gasteiger partial charge on any atom is 0.237 e. The number of aromatic nitrogens is 1. The van der Waals surface area contributed by atoms with Crippen LogP contribution in [0.3, 0.4) is 0 Å². The summed E-state index contributed by atoms with van der Waals surface area (Å²) < 4.78 is 5.81. The van der Waals surface area contributed by atoms with E-state index in [1.54, 1.807) is 12.1 Å². The summed E-state index contributed by atoms with van der Waals surface area (Å²) in [7, 11) is 0. The van der Waals surface area contributed by atoms with Crippen molar-refractivity contribution in [2.45, 2.75) is 6.92 Å². The smallest absolute Gasteiger partial charge is 0.237 e. The second-order valence-corrected chi connectivity index (χ2v) is 4.72. The highest BCUT2D eigenvalue weighted by atomic mass is 16.5. The Balaban J connectivity index is 2.11. The maximum absolute atomic E-state index is 9.29. The molecule has 0 aliphatic rings. The molecule has 2 N–H and O–H groups in total. The van der Waals surface area contributed by atoms with Gasteiger partial charge in [-0.1, -0.05) is 24.3 Å². The van der Waals surface area contributed by atoms with Gasteiger partial charge in [-0.15, -0.1) is 0 Å². The van der Waals surface area contributed by atoms with Crippen molar-refractivity contribution >= 4 is 16.6 Å². The fraction of sp³-hybridized carbons (Fsp3) is 0.0588. The largest absolute Gasteiger partial charge is 0.437 e. The Hall–Kier alpha value is -3.06. The van der Waals surface area contributed by atoms with E-state index >= 15 is 0 Å². The molecule has 1 aromatic heterocycles. The van der Waals surface area contributed by atoms with Crippen LogP contribution in [0, 0.1) is 18.3 Å². The van der Waals surface area contributed by atoms with Crippen molar-refractivity contribution in [1.29, 1.82) is 5.26 Å². The first-order chi connectivity index (χ1) is 10.2. The number of nitrogens with zero attached hydrogens (tertiary/aromatic N) is 2. The normalized spacial score (nSPS) is 10.3. The Bertz CT molecular complexity index is 866. The van der Waals surface area contributed by atoms with E-state index in [1.165, 1.54) is 0 Å². The summed E-state index contributed by atoms with van der Waals surface area (Å²) in [5.41, 5.74) is 8.53. The zero-order chi connectivity index (χ0) is 14.8. The Labute approximate surface area is 122 Å². The molecule has 0 aliphatic heterocycles. The number of pyridine rings is 1. The number of nitrogen functional groups attached to an aromatic ring is 1. The standard InChI is InChI=1S/C17H13N3O/c1-11-14(19)6-4-8-16(11)21-17-13(10-18)9-12-5-2-3-7-15(12)20-17/h2-9H,19H2,1H3. The number of rotatable bonds is 2.